The first-order valence-electron chi connectivity index (χ1n) is 5.09. The van der Waals surface area contributed by atoms with Crippen molar-refractivity contribution in [2.24, 2.45) is 5.73 Å². The van der Waals surface area contributed by atoms with Gasteiger partial charge < -0.3 is 11.1 Å². The van der Waals surface area contributed by atoms with Crippen LogP contribution < -0.4 is 11.1 Å². The second-order valence-electron chi connectivity index (χ2n) is 3.60. The number of hydrogen-bond donors (Lipinski definition) is 2. The van der Waals surface area contributed by atoms with E-state index in [4.69, 9.17) is 5.73 Å². The van der Waals surface area contributed by atoms with Gasteiger partial charge in [-0.05, 0) is 29.7 Å². The van der Waals surface area contributed by atoms with Gasteiger partial charge in [-0.2, -0.15) is 0 Å². The van der Waals surface area contributed by atoms with Crippen LogP contribution in [0.1, 0.15) is 17.5 Å². The standard InChI is InChI=1S/C12H14N2O/c13-7-1-2-9-3-5-11-10(8-9)4-6-12(15)14-11/h1-3,5,8H,4,6-7,13H2,(H,14,15). The van der Waals surface area contributed by atoms with Crippen LogP contribution in [-0.2, 0) is 11.2 Å². The molecule has 0 fully saturated rings. The molecule has 3 nitrogen and oxygen atoms in total. The van der Waals surface area contributed by atoms with Crippen LogP contribution in [0.2, 0.25) is 0 Å². The van der Waals surface area contributed by atoms with E-state index in [-0.39, 0.29) is 5.91 Å². The summed E-state index contributed by atoms with van der Waals surface area (Å²) in [5.41, 5.74) is 8.67. The van der Waals surface area contributed by atoms with E-state index in [0.717, 1.165) is 17.7 Å². The van der Waals surface area contributed by atoms with E-state index in [1.807, 2.05) is 24.3 Å². The fourth-order valence-electron chi connectivity index (χ4n) is 1.71. The summed E-state index contributed by atoms with van der Waals surface area (Å²) in [5, 5.41) is 2.86. The van der Waals surface area contributed by atoms with Crippen molar-refractivity contribution in [1.82, 2.24) is 0 Å². The maximum atomic E-state index is 11.1. The number of fused-ring (bicyclic) bond motifs is 1. The Morgan fingerprint density at radius 2 is 2.27 bits per heavy atom. The summed E-state index contributed by atoms with van der Waals surface area (Å²) in [6, 6.07) is 6.03. The Labute approximate surface area is 89.0 Å². The summed E-state index contributed by atoms with van der Waals surface area (Å²) in [6.07, 6.45) is 5.32. The van der Waals surface area contributed by atoms with Crippen LogP contribution in [0.3, 0.4) is 0 Å². The van der Waals surface area contributed by atoms with Gasteiger partial charge in [0.2, 0.25) is 5.91 Å². The number of benzene rings is 1. The first-order chi connectivity index (χ1) is 7.29. The summed E-state index contributed by atoms with van der Waals surface area (Å²) in [7, 11) is 0. The number of carbonyl (C=O) groups is 1. The highest BCUT2D eigenvalue weighted by Gasteiger charge is 2.13. The highest BCUT2D eigenvalue weighted by atomic mass is 16.1. The van der Waals surface area contributed by atoms with E-state index in [2.05, 4.69) is 11.4 Å². The van der Waals surface area contributed by atoms with Crippen LogP contribution in [0.15, 0.2) is 24.3 Å². The minimum absolute atomic E-state index is 0.104. The zero-order valence-corrected chi connectivity index (χ0v) is 8.49. The molecule has 1 amide bonds. The van der Waals surface area contributed by atoms with Gasteiger partial charge in [0.25, 0.3) is 0 Å². The molecule has 1 aromatic carbocycles. The Balaban J connectivity index is 2.26. The number of carbonyl (C=O) groups excluding carboxylic acids is 1. The summed E-state index contributed by atoms with van der Waals surface area (Å²) in [5.74, 6) is 0.104. The molecule has 0 radical (unpaired) electrons. The molecule has 1 heterocycles. The maximum Gasteiger partial charge on any atom is 0.224 e. The summed E-state index contributed by atoms with van der Waals surface area (Å²) in [4.78, 5) is 11.1. The predicted molar refractivity (Wildman–Crippen MR) is 61.5 cm³/mol. The molecule has 3 N–H and O–H groups in total. The number of nitrogens with two attached hydrogens (primary N) is 1. The van der Waals surface area contributed by atoms with Crippen LogP contribution in [0, 0.1) is 0 Å². The molecule has 0 atom stereocenters. The van der Waals surface area contributed by atoms with Crippen LogP contribution >= 0.6 is 0 Å². The molecule has 0 spiro atoms. The number of amides is 1. The van der Waals surface area contributed by atoms with Gasteiger partial charge in [0.1, 0.15) is 0 Å². The minimum Gasteiger partial charge on any atom is -0.327 e. The molecule has 2 rings (SSSR count). The van der Waals surface area contributed by atoms with Crippen LogP contribution in [-0.4, -0.2) is 12.5 Å². The molecule has 0 unspecified atom stereocenters. The van der Waals surface area contributed by atoms with Crippen molar-refractivity contribution in [1.29, 1.82) is 0 Å². The first kappa shape index (κ1) is 9.93. The van der Waals surface area contributed by atoms with Crippen molar-refractivity contribution in [3.8, 4) is 0 Å². The van der Waals surface area contributed by atoms with Crippen LogP contribution in [0.4, 0.5) is 5.69 Å². The largest absolute Gasteiger partial charge is 0.327 e. The van der Waals surface area contributed by atoms with Gasteiger partial charge in [0, 0.05) is 18.7 Å². The number of anilines is 1. The zero-order valence-electron chi connectivity index (χ0n) is 8.49. The lowest BCUT2D eigenvalue weighted by atomic mass is 10.0. The lowest BCUT2D eigenvalue weighted by molar-refractivity contribution is -0.116. The van der Waals surface area contributed by atoms with Crippen LogP contribution in [0.25, 0.3) is 6.08 Å². The molecule has 3 heteroatoms. The molecule has 0 aromatic heterocycles. The third-order valence-electron chi connectivity index (χ3n) is 2.47. The fraction of sp³-hybridized carbons (Fsp3) is 0.250. The lowest BCUT2D eigenvalue weighted by Crippen LogP contribution is -2.18. The van der Waals surface area contributed by atoms with E-state index in [1.54, 1.807) is 0 Å². The van der Waals surface area contributed by atoms with E-state index in [9.17, 15) is 4.79 Å². The highest BCUT2D eigenvalue weighted by molar-refractivity contribution is 5.94. The van der Waals surface area contributed by atoms with Gasteiger partial charge in [0.15, 0.2) is 0 Å². The average molecular weight is 202 g/mol. The first-order valence-corrected chi connectivity index (χ1v) is 5.09. The van der Waals surface area contributed by atoms with E-state index in [0.29, 0.717) is 13.0 Å². The fourth-order valence-corrected chi connectivity index (χ4v) is 1.71. The second kappa shape index (κ2) is 4.28. The van der Waals surface area contributed by atoms with Gasteiger partial charge in [0.05, 0.1) is 0 Å². The molecular weight excluding hydrogens is 188 g/mol. The van der Waals surface area contributed by atoms with Crippen molar-refractivity contribution in [2.45, 2.75) is 12.8 Å². The van der Waals surface area contributed by atoms with E-state index < -0.39 is 0 Å². The Kier molecular flexibility index (Phi) is 2.83. The molecule has 0 saturated heterocycles. The number of aryl methyl sites for hydroxylation is 1. The van der Waals surface area contributed by atoms with Crippen molar-refractivity contribution < 1.29 is 4.79 Å². The van der Waals surface area contributed by atoms with Crippen LogP contribution in [0.5, 0.6) is 0 Å². The Hall–Kier alpha value is -1.61. The Morgan fingerprint density at radius 1 is 1.40 bits per heavy atom. The summed E-state index contributed by atoms with van der Waals surface area (Å²) < 4.78 is 0. The van der Waals surface area contributed by atoms with Gasteiger partial charge in [-0.15, -0.1) is 0 Å². The molecule has 1 aliphatic heterocycles. The van der Waals surface area contributed by atoms with Crippen molar-refractivity contribution in [2.75, 3.05) is 11.9 Å². The molecule has 78 valence electrons. The van der Waals surface area contributed by atoms with E-state index >= 15 is 0 Å². The monoisotopic (exact) mass is 202 g/mol. The van der Waals surface area contributed by atoms with Crippen molar-refractivity contribution in [3.05, 3.63) is 35.4 Å². The minimum atomic E-state index is 0.104. The quantitative estimate of drug-likeness (QED) is 0.764. The molecule has 0 saturated carbocycles. The summed E-state index contributed by atoms with van der Waals surface area (Å²) >= 11 is 0. The van der Waals surface area contributed by atoms with E-state index in [1.165, 1.54) is 5.56 Å². The van der Waals surface area contributed by atoms with Crippen molar-refractivity contribution in [3.63, 3.8) is 0 Å². The number of nitrogens with one attached hydrogen (secondary N) is 1. The molecule has 15 heavy (non-hydrogen) atoms. The molecule has 0 aliphatic carbocycles. The maximum absolute atomic E-state index is 11.1. The lowest BCUT2D eigenvalue weighted by Gasteiger charge is -2.16. The van der Waals surface area contributed by atoms with Gasteiger partial charge in [-0.3, -0.25) is 4.79 Å². The molecular formula is C12H14N2O. The number of hydrogen-bond acceptors (Lipinski definition) is 2. The average Bonchev–Trinajstić information content (AvgIpc) is 2.26. The Bertz CT molecular complexity index is 410. The Morgan fingerprint density at radius 3 is 3.07 bits per heavy atom. The molecule has 1 aliphatic rings. The van der Waals surface area contributed by atoms with Crippen molar-refractivity contribution >= 4 is 17.7 Å². The normalized spacial score (nSPS) is 15.1. The second-order valence-corrected chi connectivity index (χ2v) is 3.60. The zero-order chi connectivity index (χ0) is 10.7. The topological polar surface area (TPSA) is 55.1 Å². The SMILES string of the molecule is NCC=Cc1ccc2c(c1)CCC(=O)N2. The molecule has 0 bridgehead atoms. The van der Waals surface area contributed by atoms with Gasteiger partial charge in [-0.25, -0.2) is 0 Å². The van der Waals surface area contributed by atoms with Gasteiger partial charge in [-0.1, -0.05) is 18.2 Å². The van der Waals surface area contributed by atoms with Gasteiger partial charge >= 0.3 is 0 Å². The predicted octanol–water partition coefficient (Wildman–Crippen LogP) is 1.54. The third-order valence-corrected chi connectivity index (χ3v) is 2.47. The molecule has 1 aromatic rings. The highest BCUT2D eigenvalue weighted by Crippen LogP contribution is 2.23. The number of rotatable bonds is 2. The smallest absolute Gasteiger partial charge is 0.224 e. The third kappa shape index (κ3) is 2.25. The summed E-state index contributed by atoms with van der Waals surface area (Å²) in [6.45, 7) is 0.549.